The maximum atomic E-state index is 12.1. The van der Waals surface area contributed by atoms with E-state index in [1.165, 1.54) is 5.41 Å². The number of sulfone groups is 1. The zero-order valence-electron chi connectivity index (χ0n) is 10.1. The van der Waals surface area contributed by atoms with Gasteiger partial charge in [0.25, 0.3) is 0 Å². The van der Waals surface area contributed by atoms with Gasteiger partial charge in [-0.1, -0.05) is 50.1 Å². The lowest BCUT2D eigenvalue weighted by Gasteiger charge is -2.09. The molecule has 0 aromatic heterocycles. The van der Waals surface area contributed by atoms with E-state index in [0.717, 1.165) is 14.6 Å². The van der Waals surface area contributed by atoms with E-state index in [1.54, 1.807) is 18.2 Å². The van der Waals surface area contributed by atoms with Crippen LogP contribution >= 0.6 is 31.9 Å². The number of halogens is 2. The number of anilines is 1. The average Bonchev–Trinajstić information content (AvgIpc) is 2.60. The minimum absolute atomic E-state index is 0.344. The van der Waals surface area contributed by atoms with Crippen molar-refractivity contribution in [3.63, 3.8) is 0 Å². The van der Waals surface area contributed by atoms with Crippen LogP contribution in [0.25, 0.3) is 5.70 Å². The van der Waals surface area contributed by atoms with Gasteiger partial charge in [-0.15, -0.1) is 0 Å². The number of nitrogens with one attached hydrogen (secondary N) is 1. The summed E-state index contributed by atoms with van der Waals surface area (Å²) >= 11 is 6.82. The summed E-state index contributed by atoms with van der Waals surface area (Å²) in [5.41, 5.74) is 2.10. The second-order valence-corrected chi connectivity index (χ2v) is 7.95. The minimum atomic E-state index is -3.34. The molecule has 2 aromatic rings. The Hall–Kier alpha value is -1.11. The van der Waals surface area contributed by atoms with E-state index >= 15 is 0 Å². The Morgan fingerprint density at radius 1 is 0.950 bits per heavy atom. The summed E-state index contributed by atoms with van der Waals surface area (Å²) in [6.07, 6.45) is 0. The van der Waals surface area contributed by atoms with Gasteiger partial charge in [-0.2, -0.15) is 0 Å². The largest absolute Gasteiger partial charge is 0.354 e. The van der Waals surface area contributed by atoms with Gasteiger partial charge in [-0.3, -0.25) is 0 Å². The fourth-order valence-electron chi connectivity index (χ4n) is 2.10. The predicted octanol–water partition coefficient (Wildman–Crippen LogP) is 4.41. The SMILES string of the molecule is O=S1(=O)C=C(Nc2cc(Br)cc(Br)c2)c2ccccc21. The molecule has 0 bridgehead atoms. The molecule has 1 aliphatic heterocycles. The molecular weight excluding hydrogens is 406 g/mol. The number of hydrogen-bond acceptors (Lipinski definition) is 3. The van der Waals surface area contributed by atoms with Gasteiger partial charge in [0.1, 0.15) is 0 Å². The Morgan fingerprint density at radius 2 is 1.60 bits per heavy atom. The summed E-state index contributed by atoms with van der Waals surface area (Å²) < 4.78 is 25.9. The highest BCUT2D eigenvalue weighted by Gasteiger charge is 2.26. The fourth-order valence-corrected chi connectivity index (χ4v) is 4.77. The number of benzene rings is 2. The third-order valence-corrected chi connectivity index (χ3v) is 5.33. The minimum Gasteiger partial charge on any atom is -0.354 e. The molecular formula is C14H9Br2NO2S. The molecule has 0 saturated heterocycles. The van der Waals surface area contributed by atoms with E-state index in [0.29, 0.717) is 16.2 Å². The van der Waals surface area contributed by atoms with E-state index in [1.807, 2.05) is 24.3 Å². The van der Waals surface area contributed by atoms with Crippen LogP contribution in [0.2, 0.25) is 0 Å². The molecule has 0 aliphatic carbocycles. The molecule has 6 heteroatoms. The van der Waals surface area contributed by atoms with Crippen LogP contribution in [0, 0.1) is 0 Å². The topological polar surface area (TPSA) is 46.2 Å². The maximum absolute atomic E-state index is 12.1. The fraction of sp³-hybridized carbons (Fsp3) is 0. The summed E-state index contributed by atoms with van der Waals surface area (Å²) in [6, 6.07) is 12.7. The quantitative estimate of drug-likeness (QED) is 0.791. The van der Waals surface area contributed by atoms with Crippen LogP contribution in [0.3, 0.4) is 0 Å². The van der Waals surface area contributed by atoms with Crippen LogP contribution in [0.1, 0.15) is 5.56 Å². The molecule has 1 aliphatic rings. The Labute approximate surface area is 133 Å². The van der Waals surface area contributed by atoms with E-state index in [9.17, 15) is 8.42 Å². The number of rotatable bonds is 2. The first-order valence-electron chi connectivity index (χ1n) is 5.75. The molecule has 0 unspecified atom stereocenters. The standard InChI is InChI=1S/C14H9Br2NO2S/c15-9-5-10(16)7-11(6-9)17-13-8-20(18,19)14-4-2-1-3-12(13)14/h1-8,17H. The Balaban J connectivity index is 2.04. The summed E-state index contributed by atoms with van der Waals surface area (Å²) in [6.45, 7) is 0. The van der Waals surface area contributed by atoms with Gasteiger partial charge in [0.15, 0.2) is 0 Å². The van der Waals surface area contributed by atoms with Crippen LogP contribution < -0.4 is 5.32 Å². The van der Waals surface area contributed by atoms with Crippen molar-refractivity contribution in [2.75, 3.05) is 5.32 Å². The molecule has 3 rings (SSSR count). The lowest BCUT2D eigenvalue weighted by molar-refractivity contribution is 0.605. The highest BCUT2D eigenvalue weighted by molar-refractivity contribution is 9.11. The molecule has 2 aromatic carbocycles. The first-order chi connectivity index (χ1) is 9.45. The summed E-state index contributed by atoms with van der Waals surface area (Å²) in [4.78, 5) is 0.344. The van der Waals surface area contributed by atoms with Crippen molar-refractivity contribution in [2.45, 2.75) is 4.90 Å². The van der Waals surface area contributed by atoms with Gasteiger partial charge in [0, 0.05) is 20.2 Å². The van der Waals surface area contributed by atoms with Crippen molar-refractivity contribution in [3.05, 3.63) is 62.4 Å². The van der Waals surface area contributed by atoms with Gasteiger partial charge < -0.3 is 5.32 Å². The van der Waals surface area contributed by atoms with E-state index in [-0.39, 0.29) is 0 Å². The van der Waals surface area contributed by atoms with Crippen molar-refractivity contribution in [1.29, 1.82) is 0 Å². The molecule has 3 nitrogen and oxygen atoms in total. The van der Waals surface area contributed by atoms with Crippen LogP contribution in [0.4, 0.5) is 5.69 Å². The first kappa shape index (κ1) is 13.9. The van der Waals surface area contributed by atoms with Crippen LogP contribution in [-0.2, 0) is 9.84 Å². The van der Waals surface area contributed by atoms with Gasteiger partial charge in [-0.25, -0.2) is 8.42 Å². The average molecular weight is 415 g/mol. The molecule has 102 valence electrons. The Morgan fingerprint density at radius 3 is 2.30 bits per heavy atom. The highest BCUT2D eigenvalue weighted by Crippen LogP contribution is 2.34. The summed E-state index contributed by atoms with van der Waals surface area (Å²) in [7, 11) is -3.34. The van der Waals surface area contributed by atoms with Crippen molar-refractivity contribution in [2.24, 2.45) is 0 Å². The Bertz CT molecular complexity index is 809. The number of fused-ring (bicyclic) bond motifs is 1. The molecule has 0 radical (unpaired) electrons. The highest BCUT2D eigenvalue weighted by atomic mass is 79.9. The summed E-state index contributed by atoms with van der Waals surface area (Å²) in [5, 5.41) is 4.43. The zero-order chi connectivity index (χ0) is 14.3. The van der Waals surface area contributed by atoms with E-state index in [2.05, 4.69) is 37.2 Å². The normalized spacial score (nSPS) is 15.6. The molecule has 0 atom stereocenters. The van der Waals surface area contributed by atoms with Crippen molar-refractivity contribution in [1.82, 2.24) is 0 Å². The van der Waals surface area contributed by atoms with E-state index < -0.39 is 9.84 Å². The molecule has 0 saturated carbocycles. The molecule has 20 heavy (non-hydrogen) atoms. The lowest BCUT2D eigenvalue weighted by Crippen LogP contribution is -1.97. The van der Waals surface area contributed by atoms with Crippen LogP contribution in [0.15, 0.2) is 61.7 Å². The third-order valence-electron chi connectivity index (χ3n) is 2.90. The second-order valence-electron chi connectivity index (χ2n) is 4.36. The van der Waals surface area contributed by atoms with Crippen molar-refractivity contribution >= 4 is 53.1 Å². The zero-order valence-corrected chi connectivity index (χ0v) is 14.1. The van der Waals surface area contributed by atoms with Crippen molar-refractivity contribution in [3.8, 4) is 0 Å². The Kier molecular flexibility index (Phi) is 3.48. The van der Waals surface area contributed by atoms with Crippen molar-refractivity contribution < 1.29 is 8.42 Å². The molecule has 0 spiro atoms. The molecule has 1 heterocycles. The maximum Gasteiger partial charge on any atom is 0.202 e. The van der Waals surface area contributed by atoms with E-state index in [4.69, 9.17) is 0 Å². The monoisotopic (exact) mass is 413 g/mol. The smallest absolute Gasteiger partial charge is 0.202 e. The van der Waals surface area contributed by atoms with Crippen LogP contribution in [-0.4, -0.2) is 8.42 Å². The van der Waals surface area contributed by atoms with Gasteiger partial charge in [0.2, 0.25) is 9.84 Å². The molecule has 0 fully saturated rings. The molecule has 0 amide bonds. The number of hydrogen-bond donors (Lipinski definition) is 1. The third kappa shape index (κ3) is 2.55. The lowest BCUT2D eigenvalue weighted by atomic mass is 10.1. The van der Waals surface area contributed by atoms with Gasteiger partial charge in [-0.05, 0) is 24.3 Å². The predicted molar refractivity (Wildman–Crippen MR) is 87.1 cm³/mol. The van der Waals surface area contributed by atoms with Crippen LogP contribution in [0.5, 0.6) is 0 Å². The van der Waals surface area contributed by atoms with Gasteiger partial charge >= 0.3 is 0 Å². The summed E-state index contributed by atoms with van der Waals surface area (Å²) in [5.74, 6) is 0. The first-order valence-corrected chi connectivity index (χ1v) is 8.88. The van der Waals surface area contributed by atoms with Gasteiger partial charge in [0.05, 0.1) is 16.0 Å². The second kappa shape index (κ2) is 5.02. The molecule has 1 N–H and O–H groups in total.